The Morgan fingerprint density at radius 3 is 2.60 bits per heavy atom. The van der Waals surface area contributed by atoms with Crippen LogP contribution in [0.25, 0.3) is 11.3 Å². The van der Waals surface area contributed by atoms with Crippen LogP contribution in [0.1, 0.15) is 32.1 Å². The zero-order chi connectivity index (χ0) is 17.9. The molecule has 0 amide bonds. The van der Waals surface area contributed by atoms with Crippen molar-refractivity contribution in [1.29, 1.82) is 0 Å². The number of benzene rings is 1. The van der Waals surface area contributed by atoms with Crippen LogP contribution in [0.4, 0.5) is 10.1 Å². The molecule has 1 aromatic heterocycles. The summed E-state index contributed by atoms with van der Waals surface area (Å²) in [5, 5.41) is 3.45. The predicted molar refractivity (Wildman–Crippen MR) is 96.4 cm³/mol. The van der Waals surface area contributed by atoms with Crippen molar-refractivity contribution < 1.29 is 12.8 Å². The van der Waals surface area contributed by atoms with E-state index in [0.717, 1.165) is 25.7 Å². The second kappa shape index (κ2) is 7.49. The molecule has 1 fully saturated rings. The summed E-state index contributed by atoms with van der Waals surface area (Å²) in [5.74, 6) is -0.479. The molecule has 2 aromatic rings. The van der Waals surface area contributed by atoms with E-state index in [2.05, 4.69) is 15.0 Å². The Morgan fingerprint density at radius 2 is 1.92 bits per heavy atom. The van der Waals surface area contributed by atoms with Crippen LogP contribution in [0.5, 0.6) is 0 Å². The van der Waals surface area contributed by atoms with Crippen LogP contribution in [0, 0.1) is 5.82 Å². The molecule has 1 aliphatic rings. The van der Waals surface area contributed by atoms with Crippen LogP contribution in [-0.4, -0.2) is 26.5 Å². The number of rotatable bonds is 5. The van der Waals surface area contributed by atoms with Crippen LogP contribution in [0.15, 0.2) is 41.4 Å². The normalized spacial score (nSPS) is 15.9. The van der Waals surface area contributed by atoms with E-state index in [0.29, 0.717) is 17.3 Å². The zero-order valence-electron chi connectivity index (χ0n) is 14.1. The highest BCUT2D eigenvalue weighted by Gasteiger charge is 2.20. The number of sulfonamides is 1. The molecule has 1 heterocycles. The molecule has 0 bridgehead atoms. The van der Waals surface area contributed by atoms with Crippen molar-refractivity contribution in [3.8, 4) is 11.3 Å². The summed E-state index contributed by atoms with van der Waals surface area (Å²) < 4.78 is 40.8. The molecule has 1 saturated carbocycles. The fraction of sp³-hybridized carbons (Fsp3) is 0.389. The maximum Gasteiger partial charge on any atom is 0.240 e. The van der Waals surface area contributed by atoms with E-state index in [1.54, 1.807) is 6.07 Å². The molecule has 25 heavy (non-hydrogen) atoms. The predicted octanol–water partition coefficient (Wildman–Crippen LogP) is 3.54. The van der Waals surface area contributed by atoms with Gasteiger partial charge in [0.1, 0.15) is 11.5 Å². The number of anilines is 1. The molecule has 0 aliphatic heterocycles. The number of hydrogen-bond donors (Lipinski definition) is 2. The Bertz CT molecular complexity index is 849. The van der Waals surface area contributed by atoms with E-state index in [1.807, 2.05) is 0 Å². The molecule has 3 rings (SSSR count). The molecule has 0 radical (unpaired) electrons. The minimum atomic E-state index is -3.62. The fourth-order valence-corrected chi connectivity index (χ4v) is 3.94. The van der Waals surface area contributed by atoms with Crippen LogP contribution in [0.3, 0.4) is 0 Å². The number of nitrogens with one attached hydrogen (secondary N) is 2. The highest BCUT2D eigenvalue weighted by molar-refractivity contribution is 7.89. The van der Waals surface area contributed by atoms with Crippen molar-refractivity contribution in [3.63, 3.8) is 0 Å². The highest BCUT2D eigenvalue weighted by Crippen LogP contribution is 2.33. The Hall–Kier alpha value is -1.99. The van der Waals surface area contributed by atoms with Gasteiger partial charge in [0.2, 0.25) is 10.0 Å². The minimum absolute atomic E-state index is 0.0873. The van der Waals surface area contributed by atoms with Crippen LogP contribution >= 0.6 is 0 Å². The number of nitrogens with zero attached hydrogens (tertiary/aromatic N) is 1. The molecule has 2 N–H and O–H groups in total. The topological polar surface area (TPSA) is 71.1 Å². The molecular formula is C18H22FN3O2S. The van der Waals surface area contributed by atoms with Crippen molar-refractivity contribution in [2.24, 2.45) is 0 Å². The first kappa shape index (κ1) is 17.8. The first-order chi connectivity index (χ1) is 12.0. The molecule has 1 aromatic carbocycles. The quantitative estimate of drug-likeness (QED) is 0.852. The molecule has 134 valence electrons. The number of aromatic nitrogens is 1. The van der Waals surface area contributed by atoms with Gasteiger partial charge in [0.15, 0.2) is 0 Å². The minimum Gasteiger partial charge on any atom is -0.382 e. The lowest BCUT2D eigenvalue weighted by Gasteiger charge is -2.25. The monoisotopic (exact) mass is 363 g/mol. The molecular weight excluding hydrogens is 341 g/mol. The molecule has 0 saturated heterocycles. The van der Waals surface area contributed by atoms with E-state index in [-0.39, 0.29) is 10.6 Å². The third kappa shape index (κ3) is 3.99. The smallest absolute Gasteiger partial charge is 0.240 e. The van der Waals surface area contributed by atoms with Gasteiger partial charge in [-0.15, -0.1) is 0 Å². The highest BCUT2D eigenvalue weighted by atomic mass is 32.2. The van der Waals surface area contributed by atoms with E-state index >= 15 is 0 Å². The second-order valence-corrected chi connectivity index (χ2v) is 8.11. The Morgan fingerprint density at radius 1 is 1.16 bits per heavy atom. The summed E-state index contributed by atoms with van der Waals surface area (Å²) in [6.07, 6.45) is 7.18. The van der Waals surface area contributed by atoms with Gasteiger partial charge in [-0.1, -0.05) is 19.3 Å². The summed E-state index contributed by atoms with van der Waals surface area (Å²) in [6, 6.07) is 7.85. The average molecular weight is 363 g/mol. The molecule has 5 nitrogen and oxygen atoms in total. The van der Waals surface area contributed by atoms with Gasteiger partial charge in [-0.05, 0) is 50.2 Å². The molecule has 0 atom stereocenters. The zero-order valence-corrected chi connectivity index (χ0v) is 14.9. The van der Waals surface area contributed by atoms with E-state index in [9.17, 15) is 12.8 Å². The van der Waals surface area contributed by atoms with Gasteiger partial charge >= 0.3 is 0 Å². The van der Waals surface area contributed by atoms with Gasteiger partial charge in [0.25, 0.3) is 0 Å². The molecule has 0 unspecified atom stereocenters. The second-order valence-electron chi connectivity index (χ2n) is 6.23. The number of halogens is 1. The van der Waals surface area contributed by atoms with Gasteiger partial charge in [-0.25, -0.2) is 17.5 Å². The van der Waals surface area contributed by atoms with E-state index < -0.39 is 15.8 Å². The van der Waals surface area contributed by atoms with Crippen LogP contribution < -0.4 is 10.0 Å². The summed E-state index contributed by atoms with van der Waals surface area (Å²) in [5.41, 5.74) is 1.31. The number of pyridine rings is 1. The first-order valence-corrected chi connectivity index (χ1v) is 9.94. The lowest BCUT2D eigenvalue weighted by molar-refractivity contribution is 0.463. The van der Waals surface area contributed by atoms with Gasteiger partial charge in [0.05, 0.1) is 4.90 Å². The summed E-state index contributed by atoms with van der Waals surface area (Å²) >= 11 is 0. The molecule has 1 aliphatic carbocycles. The molecule has 0 spiro atoms. The SMILES string of the molecule is CNS(=O)(=O)c1ccc(NC2CCCCC2)c(-c2ncccc2F)c1. The van der Waals surface area contributed by atoms with Crippen LogP contribution in [-0.2, 0) is 10.0 Å². The van der Waals surface area contributed by atoms with Crippen molar-refractivity contribution in [1.82, 2.24) is 9.71 Å². The summed E-state index contributed by atoms with van der Waals surface area (Å²) in [4.78, 5) is 4.21. The summed E-state index contributed by atoms with van der Waals surface area (Å²) in [7, 11) is -2.27. The summed E-state index contributed by atoms with van der Waals surface area (Å²) in [6.45, 7) is 0. The van der Waals surface area contributed by atoms with Gasteiger partial charge < -0.3 is 5.32 Å². The Labute approximate surface area is 147 Å². The van der Waals surface area contributed by atoms with Gasteiger partial charge in [0, 0.05) is 23.5 Å². The maximum atomic E-state index is 14.3. The van der Waals surface area contributed by atoms with E-state index in [4.69, 9.17) is 0 Å². The van der Waals surface area contributed by atoms with E-state index in [1.165, 1.54) is 43.9 Å². The molecule has 7 heteroatoms. The van der Waals surface area contributed by atoms with Crippen molar-refractivity contribution in [2.75, 3.05) is 12.4 Å². The number of hydrogen-bond acceptors (Lipinski definition) is 4. The standard InChI is InChI=1S/C18H22FN3O2S/c1-20-25(23,24)14-9-10-17(22-13-6-3-2-4-7-13)15(12-14)18-16(19)8-5-11-21-18/h5,8-13,20,22H,2-4,6-7H2,1H3. The van der Waals surface area contributed by atoms with Crippen LogP contribution in [0.2, 0.25) is 0 Å². The van der Waals surface area contributed by atoms with Crippen molar-refractivity contribution >= 4 is 15.7 Å². The lowest BCUT2D eigenvalue weighted by atomic mass is 9.95. The van der Waals surface area contributed by atoms with Crippen molar-refractivity contribution in [3.05, 3.63) is 42.3 Å². The Balaban J connectivity index is 2.06. The van der Waals surface area contributed by atoms with Gasteiger partial charge in [-0.3, -0.25) is 4.98 Å². The fourth-order valence-electron chi connectivity index (χ4n) is 3.18. The van der Waals surface area contributed by atoms with Gasteiger partial charge in [-0.2, -0.15) is 0 Å². The largest absolute Gasteiger partial charge is 0.382 e. The third-order valence-corrected chi connectivity index (χ3v) is 5.96. The first-order valence-electron chi connectivity index (χ1n) is 8.46. The maximum absolute atomic E-state index is 14.3. The average Bonchev–Trinajstić information content (AvgIpc) is 2.63. The Kier molecular flexibility index (Phi) is 5.34. The lowest BCUT2D eigenvalue weighted by Crippen LogP contribution is -2.23. The third-order valence-electron chi connectivity index (χ3n) is 4.55. The van der Waals surface area contributed by atoms with Crippen molar-refractivity contribution in [2.45, 2.75) is 43.0 Å².